The summed E-state index contributed by atoms with van der Waals surface area (Å²) in [6, 6.07) is 5.81. The molecule has 7 nitrogen and oxygen atoms in total. The van der Waals surface area contributed by atoms with Crippen LogP contribution in [-0.4, -0.2) is 43.2 Å². The lowest BCUT2D eigenvalue weighted by Gasteiger charge is -2.19. The van der Waals surface area contributed by atoms with Gasteiger partial charge in [0.25, 0.3) is 5.56 Å². The van der Waals surface area contributed by atoms with Gasteiger partial charge >= 0.3 is 0 Å². The fraction of sp³-hybridized carbons (Fsp3) is 0.368. The predicted octanol–water partition coefficient (Wildman–Crippen LogP) is 2.29. The van der Waals surface area contributed by atoms with Gasteiger partial charge in [0.15, 0.2) is 5.65 Å². The number of aromatic nitrogens is 4. The molecule has 1 amide bonds. The molecule has 3 aromatic rings. The van der Waals surface area contributed by atoms with Gasteiger partial charge in [0.1, 0.15) is 17.0 Å². The normalized spacial score (nSPS) is 11.1. The highest BCUT2D eigenvalue weighted by Gasteiger charge is 2.16. The average molecular weight is 371 g/mol. The molecule has 0 aliphatic carbocycles. The molecule has 0 aliphatic rings. The molecule has 0 unspecified atom stereocenters. The van der Waals surface area contributed by atoms with Crippen LogP contribution in [0.4, 0.5) is 4.39 Å². The van der Waals surface area contributed by atoms with Gasteiger partial charge in [0, 0.05) is 26.1 Å². The lowest BCUT2D eigenvalue weighted by atomic mass is 10.3. The first-order valence-corrected chi connectivity index (χ1v) is 8.95. The molecule has 0 saturated heterocycles. The Morgan fingerprint density at radius 3 is 2.48 bits per heavy atom. The Morgan fingerprint density at radius 1 is 1.19 bits per heavy atom. The van der Waals surface area contributed by atoms with Crippen molar-refractivity contribution >= 4 is 16.9 Å². The minimum atomic E-state index is -0.348. The third kappa shape index (κ3) is 3.60. The van der Waals surface area contributed by atoms with Crippen LogP contribution in [0.5, 0.6) is 0 Å². The maximum atomic E-state index is 13.2. The number of fused-ring (bicyclic) bond motifs is 1. The van der Waals surface area contributed by atoms with Crippen LogP contribution in [0.25, 0.3) is 16.7 Å². The molecule has 1 aromatic carbocycles. The van der Waals surface area contributed by atoms with E-state index in [9.17, 15) is 14.0 Å². The monoisotopic (exact) mass is 371 g/mol. The van der Waals surface area contributed by atoms with E-state index in [1.54, 1.807) is 24.0 Å². The van der Waals surface area contributed by atoms with Gasteiger partial charge in [0.2, 0.25) is 5.91 Å². The van der Waals surface area contributed by atoms with E-state index in [2.05, 4.69) is 10.1 Å². The molecule has 0 spiro atoms. The number of amides is 1. The molecule has 8 heteroatoms. The number of rotatable bonds is 6. The lowest BCUT2D eigenvalue weighted by molar-refractivity contribution is -0.131. The highest BCUT2D eigenvalue weighted by atomic mass is 19.1. The first-order valence-electron chi connectivity index (χ1n) is 8.95. The molecule has 0 N–H and O–H groups in total. The number of benzene rings is 1. The molecule has 0 atom stereocenters. The maximum Gasteiger partial charge on any atom is 0.264 e. The van der Waals surface area contributed by atoms with E-state index in [1.165, 1.54) is 27.6 Å². The van der Waals surface area contributed by atoms with Crippen molar-refractivity contribution < 1.29 is 9.18 Å². The Bertz CT molecular complexity index is 1020. The Balaban J connectivity index is 1.95. The van der Waals surface area contributed by atoms with Crippen molar-refractivity contribution in [1.82, 2.24) is 24.2 Å². The number of hydrogen-bond acceptors (Lipinski definition) is 4. The summed E-state index contributed by atoms with van der Waals surface area (Å²) in [5.74, 6) is 0.164. The van der Waals surface area contributed by atoms with Gasteiger partial charge in [-0.2, -0.15) is 5.10 Å². The van der Waals surface area contributed by atoms with E-state index < -0.39 is 0 Å². The van der Waals surface area contributed by atoms with Gasteiger partial charge in [-0.1, -0.05) is 0 Å². The van der Waals surface area contributed by atoms with Crippen molar-refractivity contribution in [2.75, 3.05) is 13.1 Å². The van der Waals surface area contributed by atoms with E-state index >= 15 is 0 Å². The van der Waals surface area contributed by atoms with Gasteiger partial charge in [-0.3, -0.25) is 14.2 Å². The Morgan fingerprint density at radius 2 is 1.85 bits per heavy atom. The molecule has 0 radical (unpaired) electrons. The number of halogens is 1. The van der Waals surface area contributed by atoms with E-state index in [1.807, 2.05) is 13.8 Å². The molecule has 3 rings (SSSR count). The van der Waals surface area contributed by atoms with Gasteiger partial charge in [-0.25, -0.2) is 14.1 Å². The quantitative estimate of drug-likeness (QED) is 0.666. The number of hydrogen-bond donors (Lipinski definition) is 0. The van der Waals surface area contributed by atoms with E-state index in [0.717, 1.165) is 0 Å². The summed E-state index contributed by atoms with van der Waals surface area (Å²) in [4.78, 5) is 31.3. The molecule has 2 heterocycles. The third-order valence-corrected chi connectivity index (χ3v) is 4.61. The van der Waals surface area contributed by atoms with Gasteiger partial charge in [0.05, 0.1) is 11.9 Å². The van der Waals surface area contributed by atoms with Crippen molar-refractivity contribution in [2.45, 2.75) is 33.7 Å². The van der Waals surface area contributed by atoms with Crippen LogP contribution in [0, 0.1) is 12.7 Å². The van der Waals surface area contributed by atoms with Crippen molar-refractivity contribution in [3.05, 3.63) is 52.5 Å². The number of aryl methyl sites for hydroxylation is 1. The molecule has 142 valence electrons. The first kappa shape index (κ1) is 18.8. The topological polar surface area (TPSA) is 73.0 Å². The van der Waals surface area contributed by atoms with Crippen molar-refractivity contribution in [2.24, 2.45) is 0 Å². The second-order valence-electron chi connectivity index (χ2n) is 6.20. The SMILES string of the molecule is CCN(CC)C(=O)CCn1c(C)nc2c(cnn2-c2ccc(F)cc2)c1=O. The van der Waals surface area contributed by atoms with Gasteiger partial charge < -0.3 is 4.90 Å². The van der Waals surface area contributed by atoms with Crippen molar-refractivity contribution in [1.29, 1.82) is 0 Å². The molecule has 0 saturated carbocycles. The minimum Gasteiger partial charge on any atom is -0.343 e. The highest BCUT2D eigenvalue weighted by Crippen LogP contribution is 2.15. The molecule has 0 fully saturated rings. The van der Waals surface area contributed by atoms with Crippen LogP contribution in [-0.2, 0) is 11.3 Å². The standard InChI is InChI=1S/C19H22FN5O2/c1-4-23(5-2)17(26)10-11-24-13(3)22-18-16(19(24)27)12-21-25(18)15-8-6-14(20)7-9-15/h6-9,12H,4-5,10-11H2,1-3H3. The van der Waals surface area contributed by atoms with E-state index in [0.29, 0.717) is 35.6 Å². The second-order valence-corrected chi connectivity index (χ2v) is 6.20. The van der Waals surface area contributed by atoms with E-state index in [-0.39, 0.29) is 30.2 Å². The van der Waals surface area contributed by atoms with Crippen molar-refractivity contribution in [3.63, 3.8) is 0 Å². The third-order valence-electron chi connectivity index (χ3n) is 4.61. The molecule has 0 aliphatic heterocycles. The van der Waals surface area contributed by atoms with E-state index in [4.69, 9.17) is 0 Å². The predicted molar refractivity (Wildman–Crippen MR) is 100 cm³/mol. The minimum absolute atomic E-state index is 0.00778. The van der Waals surface area contributed by atoms with Crippen LogP contribution in [0.3, 0.4) is 0 Å². The highest BCUT2D eigenvalue weighted by molar-refractivity contribution is 5.77. The van der Waals surface area contributed by atoms with Crippen LogP contribution in [0.1, 0.15) is 26.1 Å². The molecule has 0 bridgehead atoms. The first-order chi connectivity index (χ1) is 13.0. The summed E-state index contributed by atoms with van der Waals surface area (Å²) in [5.41, 5.74) is 0.792. The van der Waals surface area contributed by atoms with Gasteiger partial charge in [-0.05, 0) is 45.0 Å². The second kappa shape index (κ2) is 7.69. The van der Waals surface area contributed by atoms with Crippen LogP contribution in [0.15, 0.2) is 35.3 Å². The molecule has 2 aromatic heterocycles. The fourth-order valence-electron chi connectivity index (χ4n) is 3.08. The number of carbonyl (C=O) groups excluding carboxylic acids is 1. The summed E-state index contributed by atoms with van der Waals surface area (Å²) >= 11 is 0. The van der Waals surface area contributed by atoms with Gasteiger partial charge in [-0.15, -0.1) is 0 Å². The number of nitrogens with zero attached hydrogens (tertiary/aromatic N) is 5. The zero-order valence-corrected chi connectivity index (χ0v) is 15.6. The Hall–Kier alpha value is -3.03. The summed E-state index contributed by atoms with van der Waals surface area (Å²) in [5, 5.41) is 4.59. The molecule has 27 heavy (non-hydrogen) atoms. The summed E-state index contributed by atoms with van der Waals surface area (Å²) in [7, 11) is 0. The largest absolute Gasteiger partial charge is 0.343 e. The van der Waals surface area contributed by atoms with Crippen LogP contribution < -0.4 is 5.56 Å². The average Bonchev–Trinajstić information content (AvgIpc) is 3.07. The summed E-state index contributed by atoms with van der Waals surface area (Å²) < 4.78 is 16.2. The zero-order chi connectivity index (χ0) is 19.6. The van der Waals surface area contributed by atoms with Crippen LogP contribution in [0.2, 0.25) is 0 Å². The maximum absolute atomic E-state index is 13.2. The Labute approximate surface area is 156 Å². The fourth-order valence-corrected chi connectivity index (χ4v) is 3.08. The summed E-state index contributed by atoms with van der Waals surface area (Å²) in [6.07, 6.45) is 1.69. The molecular formula is C19H22FN5O2. The zero-order valence-electron chi connectivity index (χ0n) is 15.6. The van der Waals surface area contributed by atoms with Crippen LogP contribution >= 0.6 is 0 Å². The lowest BCUT2D eigenvalue weighted by Crippen LogP contribution is -2.33. The molecular weight excluding hydrogens is 349 g/mol. The Kier molecular flexibility index (Phi) is 5.34. The summed E-state index contributed by atoms with van der Waals surface area (Å²) in [6.45, 7) is 7.14. The number of carbonyl (C=O) groups is 1. The van der Waals surface area contributed by atoms with Crippen molar-refractivity contribution in [3.8, 4) is 5.69 Å². The smallest absolute Gasteiger partial charge is 0.264 e.